The molecule has 0 radical (unpaired) electrons. The molecule has 0 aliphatic carbocycles. The highest BCUT2D eigenvalue weighted by atomic mass is 15.2. The molecule has 0 amide bonds. The van der Waals surface area contributed by atoms with Gasteiger partial charge in [0.05, 0.1) is 6.20 Å². The van der Waals surface area contributed by atoms with Crippen molar-refractivity contribution >= 4 is 11.9 Å². The number of hydrogen-bond donors (Lipinski definition) is 1. The number of benzene rings is 1. The third-order valence-corrected chi connectivity index (χ3v) is 3.11. The zero-order chi connectivity index (χ0) is 13.5. The highest BCUT2D eigenvalue weighted by Gasteiger charge is 1.98. The van der Waals surface area contributed by atoms with Crippen molar-refractivity contribution in [3.05, 3.63) is 54.4 Å². The van der Waals surface area contributed by atoms with Gasteiger partial charge in [0, 0.05) is 30.2 Å². The maximum absolute atomic E-state index is 4.15. The van der Waals surface area contributed by atoms with Crippen LogP contribution in [0.4, 0.5) is 5.69 Å². The van der Waals surface area contributed by atoms with Crippen LogP contribution in [0.1, 0.15) is 30.9 Å². The molecule has 0 bridgehead atoms. The Morgan fingerprint density at radius 1 is 1.26 bits per heavy atom. The molecule has 0 aliphatic rings. The van der Waals surface area contributed by atoms with Crippen LogP contribution in [0, 0.1) is 0 Å². The molecule has 100 valence electrons. The lowest BCUT2D eigenvalue weighted by molar-refractivity contribution is 0.795. The Bertz CT molecular complexity index is 511. The summed E-state index contributed by atoms with van der Waals surface area (Å²) in [6.07, 6.45) is 9.18. The number of aryl methyl sites for hydroxylation is 1. The summed E-state index contributed by atoms with van der Waals surface area (Å²) in [4.78, 5) is 0. The van der Waals surface area contributed by atoms with E-state index in [1.54, 1.807) is 10.9 Å². The Hall–Kier alpha value is -2.03. The first-order valence-corrected chi connectivity index (χ1v) is 6.80. The third kappa shape index (κ3) is 3.98. The van der Waals surface area contributed by atoms with Crippen molar-refractivity contribution in [1.82, 2.24) is 9.78 Å². The fourth-order valence-corrected chi connectivity index (χ4v) is 1.94. The van der Waals surface area contributed by atoms with E-state index >= 15 is 0 Å². The SMILES string of the molecule is C=Cn1cc(CNc2ccc(CCCC)cc2)cn1. The molecular weight excluding hydrogens is 234 g/mol. The Morgan fingerprint density at radius 2 is 2.05 bits per heavy atom. The number of aromatic nitrogens is 2. The van der Waals surface area contributed by atoms with Gasteiger partial charge in [0.2, 0.25) is 0 Å². The van der Waals surface area contributed by atoms with Crippen LogP contribution in [-0.2, 0) is 13.0 Å². The van der Waals surface area contributed by atoms with Crippen LogP contribution in [0.5, 0.6) is 0 Å². The maximum atomic E-state index is 4.15. The minimum atomic E-state index is 0.780. The van der Waals surface area contributed by atoms with E-state index in [2.05, 4.69) is 48.2 Å². The first kappa shape index (κ1) is 13.4. The summed E-state index contributed by atoms with van der Waals surface area (Å²) < 4.78 is 1.71. The van der Waals surface area contributed by atoms with E-state index in [9.17, 15) is 0 Å². The number of nitrogens with zero attached hydrogens (tertiary/aromatic N) is 2. The second kappa shape index (κ2) is 6.78. The fraction of sp³-hybridized carbons (Fsp3) is 0.312. The zero-order valence-electron chi connectivity index (χ0n) is 11.5. The summed E-state index contributed by atoms with van der Waals surface area (Å²) in [5, 5.41) is 7.55. The van der Waals surface area contributed by atoms with Gasteiger partial charge in [0.25, 0.3) is 0 Å². The van der Waals surface area contributed by atoms with Crippen LogP contribution < -0.4 is 5.32 Å². The predicted octanol–water partition coefficient (Wildman–Crippen LogP) is 3.94. The Kier molecular flexibility index (Phi) is 4.78. The van der Waals surface area contributed by atoms with Crippen LogP contribution in [-0.4, -0.2) is 9.78 Å². The summed E-state index contributed by atoms with van der Waals surface area (Å²) >= 11 is 0. The second-order valence-electron chi connectivity index (χ2n) is 4.67. The maximum Gasteiger partial charge on any atom is 0.0543 e. The van der Waals surface area contributed by atoms with Crippen molar-refractivity contribution in [2.24, 2.45) is 0 Å². The monoisotopic (exact) mass is 255 g/mol. The van der Waals surface area contributed by atoms with E-state index < -0.39 is 0 Å². The van der Waals surface area contributed by atoms with E-state index in [1.165, 1.54) is 24.8 Å². The van der Waals surface area contributed by atoms with Crippen molar-refractivity contribution in [3.8, 4) is 0 Å². The molecule has 0 saturated carbocycles. The number of nitrogens with one attached hydrogen (secondary N) is 1. The molecule has 0 atom stereocenters. The Balaban J connectivity index is 1.87. The molecular formula is C16H21N3. The normalized spacial score (nSPS) is 10.4. The molecule has 1 aromatic heterocycles. The van der Waals surface area contributed by atoms with Gasteiger partial charge in [-0.3, -0.25) is 0 Å². The van der Waals surface area contributed by atoms with Gasteiger partial charge in [-0.2, -0.15) is 5.10 Å². The standard InChI is InChI=1S/C16H21N3/c1-3-5-6-14-7-9-16(10-8-14)17-11-15-12-18-19(4-2)13-15/h4,7-10,12-13,17H,2-3,5-6,11H2,1H3. The molecule has 1 N–H and O–H groups in total. The molecule has 0 saturated heterocycles. The van der Waals surface area contributed by atoms with E-state index in [0.717, 1.165) is 17.8 Å². The lowest BCUT2D eigenvalue weighted by atomic mass is 10.1. The van der Waals surface area contributed by atoms with Gasteiger partial charge in [0.15, 0.2) is 0 Å². The summed E-state index contributed by atoms with van der Waals surface area (Å²) in [6, 6.07) is 8.68. The van der Waals surface area contributed by atoms with Crippen LogP contribution in [0.15, 0.2) is 43.2 Å². The lowest BCUT2D eigenvalue weighted by Crippen LogP contribution is -1.98. The second-order valence-corrected chi connectivity index (χ2v) is 4.67. The lowest BCUT2D eigenvalue weighted by Gasteiger charge is -2.06. The van der Waals surface area contributed by atoms with Crippen molar-refractivity contribution in [1.29, 1.82) is 0 Å². The van der Waals surface area contributed by atoms with Crippen molar-refractivity contribution in [2.45, 2.75) is 32.7 Å². The molecule has 0 fully saturated rings. The Morgan fingerprint density at radius 3 is 2.68 bits per heavy atom. The fourth-order valence-electron chi connectivity index (χ4n) is 1.94. The van der Waals surface area contributed by atoms with E-state index in [-0.39, 0.29) is 0 Å². The van der Waals surface area contributed by atoms with Gasteiger partial charge in [-0.1, -0.05) is 32.1 Å². The number of rotatable bonds is 7. The van der Waals surface area contributed by atoms with Crippen molar-refractivity contribution in [2.75, 3.05) is 5.32 Å². The van der Waals surface area contributed by atoms with E-state index in [4.69, 9.17) is 0 Å². The van der Waals surface area contributed by atoms with Gasteiger partial charge in [-0.05, 0) is 30.5 Å². The van der Waals surface area contributed by atoms with Crippen LogP contribution in [0.3, 0.4) is 0 Å². The Labute approximate surface area is 115 Å². The molecule has 0 spiro atoms. The molecule has 19 heavy (non-hydrogen) atoms. The first-order chi connectivity index (χ1) is 9.31. The molecule has 1 heterocycles. The van der Waals surface area contributed by atoms with Gasteiger partial charge >= 0.3 is 0 Å². The van der Waals surface area contributed by atoms with Crippen LogP contribution >= 0.6 is 0 Å². The van der Waals surface area contributed by atoms with Crippen molar-refractivity contribution < 1.29 is 0 Å². The van der Waals surface area contributed by atoms with E-state index in [0.29, 0.717) is 0 Å². The van der Waals surface area contributed by atoms with Crippen LogP contribution in [0.25, 0.3) is 6.20 Å². The van der Waals surface area contributed by atoms with Gasteiger partial charge in [-0.25, -0.2) is 4.68 Å². The topological polar surface area (TPSA) is 29.9 Å². The molecule has 0 unspecified atom stereocenters. The molecule has 2 rings (SSSR count). The third-order valence-electron chi connectivity index (χ3n) is 3.11. The van der Waals surface area contributed by atoms with Crippen LogP contribution in [0.2, 0.25) is 0 Å². The average Bonchev–Trinajstić information content (AvgIpc) is 2.92. The highest BCUT2D eigenvalue weighted by molar-refractivity contribution is 5.45. The zero-order valence-corrected chi connectivity index (χ0v) is 11.5. The quantitative estimate of drug-likeness (QED) is 0.812. The van der Waals surface area contributed by atoms with Gasteiger partial charge in [-0.15, -0.1) is 0 Å². The molecule has 3 nitrogen and oxygen atoms in total. The molecule has 0 aliphatic heterocycles. The number of hydrogen-bond acceptors (Lipinski definition) is 2. The number of anilines is 1. The number of unbranched alkanes of at least 4 members (excludes halogenated alkanes) is 1. The summed E-state index contributed by atoms with van der Waals surface area (Å²) in [6.45, 7) is 6.68. The predicted molar refractivity (Wildman–Crippen MR) is 81.0 cm³/mol. The summed E-state index contributed by atoms with van der Waals surface area (Å²) in [5.41, 5.74) is 3.70. The first-order valence-electron chi connectivity index (χ1n) is 6.80. The average molecular weight is 255 g/mol. The summed E-state index contributed by atoms with van der Waals surface area (Å²) in [5.74, 6) is 0. The van der Waals surface area contributed by atoms with Gasteiger partial charge < -0.3 is 5.32 Å². The molecule has 3 heteroatoms. The smallest absolute Gasteiger partial charge is 0.0543 e. The molecule has 2 aromatic rings. The molecule has 1 aromatic carbocycles. The minimum Gasteiger partial charge on any atom is -0.381 e. The highest BCUT2D eigenvalue weighted by Crippen LogP contribution is 2.13. The van der Waals surface area contributed by atoms with E-state index in [1.807, 2.05) is 12.4 Å². The van der Waals surface area contributed by atoms with Crippen molar-refractivity contribution in [3.63, 3.8) is 0 Å². The largest absolute Gasteiger partial charge is 0.381 e. The summed E-state index contributed by atoms with van der Waals surface area (Å²) in [7, 11) is 0. The minimum absolute atomic E-state index is 0.780. The van der Waals surface area contributed by atoms with Gasteiger partial charge in [0.1, 0.15) is 0 Å².